The summed E-state index contributed by atoms with van der Waals surface area (Å²) in [4.78, 5) is 11.9. The lowest BCUT2D eigenvalue weighted by atomic mass is 10.1. The van der Waals surface area contributed by atoms with Crippen LogP contribution < -0.4 is 5.73 Å². The van der Waals surface area contributed by atoms with Gasteiger partial charge in [0.05, 0.1) is 4.83 Å². The number of nitrogen functional groups attached to an aromatic ring is 1. The highest BCUT2D eigenvalue weighted by Gasteiger charge is 2.13. The van der Waals surface area contributed by atoms with Crippen LogP contribution in [0, 0.1) is 0 Å². The van der Waals surface area contributed by atoms with Gasteiger partial charge in [0.1, 0.15) is 5.78 Å². The van der Waals surface area contributed by atoms with E-state index in [4.69, 9.17) is 5.73 Å². The van der Waals surface area contributed by atoms with E-state index in [9.17, 15) is 4.79 Å². The third-order valence-corrected chi connectivity index (χ3v) is 3.87. The maximum absolute atomic E-state index is 11.1. The summed E-state index contributed by atoms with van der Waals surface area (Å²) in [6.45, 7) is 1.56. The minimum Gasteiger partial charge on any atom is -0.398 e. The Morgan fingerprint density at radius 3 is 2.71 bits per heavy atom. The average Bonchev–Trinajstić information content (AvgIpc) is 2.17. The smallest absolute Gasteiger partial charge is 0.147 e. The number of halogens is 1. The number of alkyl halides is 1. The zero-order valence-electron chi connectivity index (χ0n) is 8.08. The van der Waals surface area contributed by atoms with E-state index in [2.05, 4.69) is 15.9 Å². The van der Waals surface area contributed by atoms with Crippen molar-refractivity contribution in [2.45, 2.75) is 16.6 Å². The molecule has 0 heterocycles. The van der Waals surface area contributed by atoms with Gasteiger partial charge in [-0.25, -0.2) is 0 Å². The average molecular weight is 274 g/mol. The summed E-state index contributed by atoms with van der Waals surface area (Å²) in [5.41, 5.74) is 7.46. The van der Waals surface area contributed by atoms with Gasteiger partial charge in [-0.05, 0) is 30.9 Å². The molecule has 0 aliphatic rings. The zero-order chi connectivity index (χ0) is 10.7. The molecule has 0 bridgehead atoms. The van der Waals surface area contributed by atoms with E-state index in [1.807, 2.05) is 24.5 Å². The predicted molar refractivity (Wildman–Crippen MR) is 65.0 cm³/mol. The molecular weight excluding hydrogens is 262 g/mol. The minimum absolute atomic E-state index is 0.0989. The molecule has 0 saturated carbocycles. The van der Waals surface area contributed by atoms with Crippen molar-refractivity contribution in [3.8, 4) is 0 Å². The van der Waals surface area contributed by atoms with Crippen molar-refractivity contribution in [3.63, 3.8) is 0 Å². The van der Waals surface area contributed by atoms with Gasteiger partial charge in [-0.2, -0.15) is 0 Å². The summed E-state index contributed by atoms with van der Waals surface area (Å²) in [5.74, 6) is 0.0989. The number of hydrogen-bond acceptors (Lipinski definition) is 3. The Bertz CT molecular complexity index is 354. The third kappa shape index (κ3) is 2.51. The molecule has 14 heavy (non-hydrogen) atoms. The number of rotatable bonds is 3. The molecule has 1 atom stereocenters. The van der Waals surface area contributed by atoms with Gasteiger partial charge in [0.15, 0.2) is 0 Å². The molecule has 0 aromatic heterocycles. The minimum atomic E-state index is -0.228. The first-order valence-corrected chi connectivity index (χ1v) is 6.28. The van der Waals surface area contributed by atoms with Gasteiger partial charge in [-0.3, -0.25) is 4.79 Å². The summed E-state index contributed by atoms with van der Waals surface area (Å²) in [7, 11) is 0. The van der Waals surface area contributed by atoms with E-state index in [1.54, 1.807) is 18.7 Å². The SMILES string of the molecule is CSc1cc(C(Br)C(C)=O)ccc1N. The number of carbonyl (C=O) groups is 1. The fraction of sp³-hybridized carbons (Fsp3) is 0.300. The molecule has 0 radical (unpaired) electrons. The van der Waals surface area contributed by atoms with Crippen LogP contribution in [0.25, 0.3) is 0 Å². The first kappa shape index (κ1) is 11.6. The highest BCUT2D eigenvalue weighted by molar-refractivity contribution is 9.09. The lowest BCUT2D eigenvalue weighted by Crippen LogP contribution is -2.01. The van der Waals surface area contributed by atoms with Crippen LogP contribution in [-0.4, -0.2) is 12.0 Å². The molecule has 0 spiro atoms. The van der Waals surface area contributed by atoms with Crippen molar-refractivity contribution >= 4 is 39.2 Å². The number of Topliss-reactive ketones (excluding diaryl/α,β-unsaturated/α-hetero) is 1. The highest BCUT2D eigenvalue weighted by Crippen LogP contribution is 2.30. The van der Waals surface area contributed by atoms with Gasteiger partial charge in [0, 0.05) is 10.6 Å². The molecule has 76 valence electrons. The molecule has 0 aliphatic heterocycles. The quantitative estimate of drug-likeness (QED) is 0.523. The molecule has 0 aliphatic carbocycles. The van der Waals surface area contributed by atoms with Gasteiger partial charge in [0.25, 0.3) is 0 Å². The van der Waals surface area contributed by atoms with Gasteiger partial charge in [0.2, 0.25) is 0 Å². The van der Waals surface area contributed by atoms with Crippen molar-refractivity contribution in [1.29, 1.82) is 0 Å². The molecule has 1 unspecified atom stereocenters. The van der Waals surface area contributed by atoms with E-state index in [1.165, 1.54) is 0 Å². The largest absolute Gasteiger partial charge is 0.398 e. The van der Waals surface area contributed by atoms with E-state index in [0.717, 1.165) is 16.1 Å². The molecular formula is C10H12BrNOS. The van der Waals surface area contributed by atoms with Crippen LogP contribution in [0.1, 0.15) is 17.3 Å². The van der Waals surface area contributed by atoms with Crippen LogP contribution in [0.3, 0.4) is 0 Å². The maximum Gasteiger partial charge on any atom is 0.147 e. The first-order chi connectivity index (χ1) is 6.56. The number of ketones is 1. The van der Waals surface area contributed by atoms with Crippen molar-refractivity contribution in [2.24, 2.45) is 0 Å². The number of nitrogens with two attached hydrogens (primary N) is 1. The monoisotopic (exact) mass is 273 g/mol. The topological polar surface area (TPSA) is 43.1 Å². The normalized spacial score (nSPS) is 12.5. The molecule has 0 saturated heterocycles. The van der Waals surface area contributed by atoms with E-state index >= 15 is 0 Å². The summed E-state index contributed by atoms with van der Waals surface area (Å²) >= 11 is 4.92. The van der Waals surface area contributed by atoms with Crippen molar-refractivity contribution in [1.82, 2.24) is 0 Å². The fourth-order valence-corrected chi connectivity index (χ4v) is 1.96. The second kappa shape index (κ2) is 4.84. The van der Waals surface area contributed by atoms with Gasteiger partial charge in [-0.1, -0.05) is 22.0 Å². The van der Waals surface area contributed by atoms with Gasteiger partial charge >= 0.3 is 0 Å². The van der Waals surface area contributed by atoms with Crippen LogP contribution in [0.4, 0.5) is 5.69 Å². The van der Waals surface area contributed by atoms with Crippen LogP contribution in [0.2, 0.25) is 0 Å². The molecule has 4 heteroatoms. The van der Waals surface area contributed by atoms with Crippen LogP contribution in [0.5, 0.6) is 0 Å². The Balaban J connectivity index is 3.06. The summed E-state index contributed by atoms with van der Waals surface area (Å²) in [6, 6.07) is 5.65. The maximum atomic E-state index is 11.1. The second-order valence-corrected chi connectivity index (χ2v) is 4.74. The molecule has 1 aromatic carbocycles. The first-order valence-electron chi connectivity index (χ1n) is 4.14. The fourth-order valence-electron chi connectivity index (χ4n) is 1.12. The third-order valence-electron chi connectivity index (χ3n) is 1.91. The van der Waals surface area contributed by atoms with Crippen LogP contribution >= 0.6 is 27.7 Å². The van der Waals surface area contributed by atoms with Crippen molar-refractivity contribution < 1.29 is 4.79 Å². The van der Waals surface area contributed by atoms with E-state index < -0.39 is 0 Å². The lowest BCUT2D eigenvalue weighted by Gasteiger charge is -2.09. The molecule has 1 rings (SSSR count). The standard InChI is InChI=1S/C10H12BrNOS/c1-6(13)10(11)7-3-4-8(12)9(5-7)14-2/h3-5,10H,12H2,1-2H3. The highest BCUT2D eigenvalue weighted by atomic mass is 79.9. The van der Waals surface area contributed by atoms with Crippen molar-refractivity contribution in [3.05, 3.63) is 23.8 Å². The molecule has 1 aromatic rings. The number of carbonyl (C=O) groups excluding carboxylic acids is 1. The van der Waals surface area contributed by atoms with Crippen LogP contribution in [-0.2, 0) is 4.79 Å². The van der Waals surface area contributed by atoms with Crippen molar-refractivity contribution in [2.75, 3.05) is 12.0 Å². The number of anilines is 1. The Hall–Kier alpha value is -0.480. The van der Waals surface area contributed by atoms with Gasteiger partial charge < -0.3 is 5.73 Å². The predicted octanol–water partition coefficient (Wildman–Crippen LogP) is 3.02. The van der Waals surface area contributed by atoms with Crippen LogP contribution in [0.15, 0.2) is 23.1 Å². The van der Waals surface area contributed by atoms with E-state index in [-0.39, 0.29) is 10.6 Å². The second-order valence-electron chi connectivity index (χ2n) is 2.97. The number of thioether (sulfide) groups is 1. The summed E-state index contributed by atoms with van der Waals surface area (Å²) in [6.07, 6.45) is 1.96. The van der Waals surface area contributed by atoms with E-state index in [0.29, 0.717) is 0 Å². The Morgan fingerprint density at radius 1 is 1.57 bits per heavy atom. The molecule has 0 amide bonds. The molecule has 0 fully saturated rings. The molecule has 2 N–H and O–H groups in total. The number of benzene rings is 1. The molecule has 2 nitrogen and oxygen atoms in total. The number of hydrogen-bond donors (Lipinski definition) is 1. The Kier molecular flexibility index (Phi) is 4.01. The zero-order valence-corrected chi connectivity index (χ0v) is 10.5. The lowest BCUT2D eigenvalue weighted by molar-refractivity contribution is -0.116. The summed E-state index contributed by atoms with van der Waals surface area (Å²) < 4.78 is 0. The Labute approximate surface area is 96.4 Å². The summed E-state index contributed by atoms with van der Waals surface area (Å²) in [5, 5.41) is 0. The Morgan fingerprint density at radius 2 is 2.21 bits per heavy atom. The van der Waals surface area contributed by atoms with Gasteiger partial charge in [-0.15, -0.1) is 11.8 Å².